The smallest absolute Gasteiger partial charge is 0.230 e. The largest absolute Gasteiger partial charge is 0.266 e. The second kappa shape index (κ2) is 5.93. The summed E-state index contributed by atoms with van der Waals surface area (Å²) in [4.78, 5) is 4.43. The second-order valence-corrected chi connectivity index (χ2v) is 6.51. The maximum Gasteiger partial charge on any atom is 0.266 e. The van der Waals surface area contributed by atoms with Gasteiger partial charge in [-0.25, -0.2) is 4.98 Å². The zero-order valence-electron chi connectivity index (χ0n) is 8.62. The van der Waals surface area contributed by atoms with E-state index in [0.29, 0.717) is 12.2 Å². The Labute approximate surface area is 114 Å². The molecule has 6 heteroatoms. The molecule has 0 aliphatic carbocycles. The minimum Gasteiger partial charge on any atom is -0.230 e. The predicted molar refractivity (Wildman–Crippen MR) is 73.0 cm³/mol. The molecule has 2 rings (SSSR count). The molecule has 0 saturated heterocycles. The van der Waals surface area contributed by atoms with Gasteiger partial charge in [-0.1, -0.05) is 27.7 Å². The summed E-state index contributed by atoms with van der Waals surface area (Å²) < 4.78 is 26.6. The number of nitrogens with zero attached hydrogens (tertiary/aromatic N) is 1. The quantitative estimate of drug-likeness (QED) is 0.553. The molecule has 1 nitrogen and oxygen atoms in total. The van der Waals surface area contributed by atoms with Gasteiger partial charge in [-0.2, -0.15) is 8.78 Å². The van der Waals surface area contributed by atoms with Gasteiger partial charge in [0.05, 0.1) is 10.2 Å². The number of hydrogen-bond acceptors (Lipinski definition) is 3. The van der Waals surface area contributed by atoms with Crippen molar-refractivity contribution in [1.29, 1.82) is 0 Å². The molecule has 0 aliphatic rings. The van der Waals surface area contributed by atoms with Crippen LogP contribution in [0.2, 0.25) is 0 Å². The van der Waals surface area contributed by atoms with E-state index in [4.69, 9.17) is 0 Å². The molecule has 0 saturated carbocycles. The summed E-state index contributed by atoms with van der Waals surface area (Å²) in [5.74, 6) is 0.623. The van der Waals surface area contributed by atoms with E-state index in [9.17, 15) is 8.78 Å². The summed E-state index contributed by atoms with van der Waals surface area (Å²) >= 11 is 6.48. The molecule has 0 N–H and O–H groups in total. The highest BCUT2D eigenvalue weighted by Crippen LogP contribution is 2.31. The highest BCUT2D eigenvalue weighted by atomic mass is 79.9. The van der Waals surface area contributed by atoms with E-state index >= 15 is 0 Å². The lowest BCUT2D eigenvalue weighted by Gasteiger charge is -1.91. The SMILES string of the molecule is FC(F)=CCCSc1nc2cc(Br)ccc2s1. The maximum atomic E-state index is 11.8. The molecule has 1 heterocycles. The van der Waals surface area contributed by atoms with Crippen LogP contribution in [0.4, 0.5) is 8.78 Å². The highest BCUT2D eigenvalue weighted by molar-refractivity contribution is 9.10. The van der Waals surface area contributed by atoms with Crippen molar-refractivity contribution in [3.63, 3.8) is 0 Å². The highest BCUT2D eigenvalue weighted by Gasteiger charge is 2.04. The Hall–Kier alpha value is -0.460. The van der Waals surface area contributed by atoms with Crippen LogP contribution in [0.3, 0.4) is 0 Å². The van der Waals surface area contributed by atoms with E-state index in [1.807, 2.05) is 18.2 Å². The Balaban J connectivity index is 2.02. The Morgan fingerprint density at radius 1 is 1.47 bits per heavy atom. The molecule has 0 unspecified atom stereocenters. The lowest BCUT2D eigenvalue weighted by Crippen LogP contribution is -1.76. The van der Waals surface area contributed by atoms with Gasteiger partial charge in [-0.3, -0.25) is 0 Å². The molecule has 0 spiro atoms. The van der Waals surface area contributed by atoms with E-state index in [1.165, 1.54) is 11.8 Å². The molecule has 0 radical (unpaired) electrons. The number of halogens is 3. The number of benzene rings is 1. The summed E-state index contributed by atoms with van der Waals surface area (Å²) in [5.41, 5.74) is 0.944. The molecular formula is C11H8BrF2NS2. The lowest BCUT2D eigenvalue weighted by molar-refractivity contribution is 0.418. The summed E-state index contributed by atoms with van der Waals surface area (Å²) in [5, 5.41) is 0. The minimum absolute atomic E-state index is 0.368. The normalized spacial score (nSPS) is 10.8. The first kappa shape index (κ1) is 13.0. The van der Waals surface area contributed by atoms with Crippen molar-refractivity contribution in [1.82, 2.24) is 4.98 Å². The molecule has 2 aromatic rings. The van der Waals surface area contributed by atoms with Crippen molar-refractivity contribution in [2.24, 2.45) is 0 Å². The fraction of sp³-hybridized carbons (Fsp3) is 0.182. The summed E-state index contributed by atoms with van der Waals surface area (Å²) in [7, 11) is 0. The van der Waals surface area contributed by atoms with Crippen LogP contribution in [0, 0.1) is 0 Å². The van der Waals surface area contributed by atoms with E-state index in [2.05, 4.69) is 20.9 Å². The molecule has 1 aromatic heterocycles. The third-order valence-corrected chi connectivity index (χ3v) is 4.68. The van der Waals surface area contributed by atoms with Gasteiger partial charge in [0.15, 0.2) is 4.34 Å². The molecule has 17 heavy (non-hydrogen) atoms. The van der Waals surface area contributed by atoms with Crippen molar-refractivity contribution in [2.45, 2.75) is 10.8 Å². The molecule has 0 atom stereocenters. The fourth-order valence-electron chi connectivity index (χ4n) is 1.26. The summed E-state index contributed by atoms with van der Waals surface area (Å²) in [6.07, 6.45) is -0.303. The number of hydrogen-bond donors (Lipinski definition) is 0. The monoisotopic (exact) mass is 335 g/mol. The van der Waals surface area contributed by atoms with Gasteiger partial charge in [-0.05, 0) is 30.7 Å². The van der Waals surface area contributed by atoms with Gasteiger partial charge in [0.1, 0.15) is 0 Å². The number of thiazole rings is 1. The third kappa shape index (κ3) is 3.76. The molecule has 90 valence electrons. The van der Waals surface area contributed by atoms with Crippen LogP contribution in [0.15, 0.2) is 39.2 Å². The van der Waals surface area contributed by atoms with Crippen LogP contribution in [0.5, 0.6) is 0 Å². The topological polar surface area (TPSA) is 12.9 Å². The second-order valence-electron chi connectivity index (χ2n) is 3.22. The maximum absolute atomic E-state index is 11.8. The van der Waals surface area contributed by atoms with Crippen molar-refractivity contribution >= 4 is 49.2 Å². The average Bonchev–Trinajstić information content (AvgIpc) is 2.66. The number of thioether (sulfide) groups is 1. The fourth-order valence-corrected chi connectivity index (χ4v) is 3.61. The number of allylic oxidation sites excluding steroid dienone is 1. The van der Waals surface area contributed by atoms with Gasteiger partial charge in [0.2, 0.25) is 0 Å². The number of fused-ring (bicyclic) bond motifs is 1. The predicted octanol–water partition coefficient (Wildman–Crippen LogP) is 5.32. The van der Waals surface area contributed by atoms with Crippen molar-refractivity contribution in [3.8, 4) is 0 Å². The van der Waals surface area contributed by atoms with Crippen molar-refractivity contribution < 1.29 is 8.78 Å². The lowest BCUT2D eigenvalue weighted by atomic mass is 10.3. The van der Waals surface area contributed by atoms with Gasteiger partial charge in [0.25, 0.3) is 6.08 Å². The molecule has 1 aromatic carbocycles. The standard InChI is InChI=1S/C11H8BrF2NS2/c12-7-3-4-9-8(6-7)15-11(17-9)16-5-1-2-10(13)14/h2-4,6H,1,5H2. The van der Waals surface area contributed by atoms with E-state index in [1.54, 1.807) is 11.3 Å². The van der Waals surface area contributed by atoms with Crippen molar-refractivity contribution in [2.75, 3.05) is 5.75 Å². The molecular weight excluding hydrogens is 328 g/mol. The molecule has 0 amide bonds. The number of rotatable bonds is 4. The van der Waals surface area contributed by atoms with Gasteiger partial charge < -0.3 is 0 Å². The van der Waals surface area contributed by atoms with Crippen LogP contribution in [-0.2, 0) is 0 Å². The zero-order valence-corrected chi connectivity index (χ0v) is 11.8. The van der Waals surface area contributed by atoms with Crippen LogP contribution in [0.25, 0.3) is 10.2 Å². The molecule has 0 aliphatic heterocycles. The Morgan fingerprint density at radius 3 is 3.06 bits per heavy atom. The van der Waals surface area contributed by atoms with Crippen LogP contribution in [0.1, 0.15) is 6.42 Å². The summed E-state index contributed by atoms with van der Waals surface area (Å²) in [6, 6.07) is 5.93. The first-order valence-electron chi connectivity index (χ1n) is 4.85. The van der Waals surface area contributed by atoms with Crippen LogP contribution >= 0.6 is 39.0 Å². The van der Waals surface area contributed by atoms with Crippen molar-refractivity contribution in [3.05, 3.63) is 34.8 Å². The first-order chi connectivity index (χ1) is 8.15. The number of aromatic nitrogens is 1. The van der Waals surface area contributed by atoms with E-state index in [0.717, 1.165) is 25.1 Å². The van der Waals surface area contributed by atoms with Gasteiger partial charge in [-0.15, -0.1) is 11.3 Å². The first-order valence-corrected chi connectivity index (χ1v) is 7.45. The Bertz CT molecular complexity index is 549. The van der Waals surface area contributed by atoms with E-state index < -0.39 is 6.08 Å². The summed E-state index contributed by atoms with van der Waals surface area (Å²) in [6.45, 7) is 0. The van der Waals surface area contributed by atoms with Crippen LogP contribution in [-0.4, -0.2) is 10.7 Å². The third-order valence-electron chi connectivity index (χ3n) is 1.97. The average molecular weight is 336 g/mol. The van der Waals surface area contributed by atoms with Gasteiger partial charge >= 0.3 is 0 Å². The Morgan fingerprint density at radius 2 is 2.29 bits per heavy atom. The van der Waals surface area contributed by atoms with Gasteiger partial charge in [0, 0.05) is 10.2 Å². The minimum atomic E-state index is -1.61. The van der Waals surface area contributed by atoms with Crippen LogP contribution < -0.4 is 0 Å². The Kier molecular flexibility index (Phi) is 4.53. The van der Waals surface area contributed by atoms with E-state index in [-0.39, 0.29) is 0 Å². The molecule has 0 fully saturated rings. The molecule has 0 bridgehead atoms. The zero-order chi connectivity index (χ0) is 12.3.